The van der Waals surface area contributed by atoms with Gasteiger partial charge in [-0.15, -0.1) is 0 Å². The highest BCUT2D eigenvalue weighted by Crippen LogP contribution is 2.28. The molecule has 0 saturated heterocycles. The summed E-state index contributed by atoms with van der Waals surface area (Å²) in [5.74, 6) is 0. The molecule has 0 aliphatic rings. The number of benzene rings is 1. The fourth-order valence-corrected chi connectivity index (χ4v) is 2.90. The maximum atomic E-state index is 12.2. The lowest BCUT2D eigenvalue weighted by molar-refractivity contribution is -0.385. The van der Waals surface area contributed by atoms with Crippen LogP contribution in [0.4, 0.5) is 14.5 Å². The fourth-order valence-electron chi connectivity index (χ4n) is 1.26. The van der Waals surface area contributed by atoms with Crippen molar-refractivity contribution in [1.82, 2.24) is 4.31 Å². The molecule has 19 heavy (non-hydrogen) atoms. The average Bonchev–Trinajstić information content (AvgIpc) is 2.27. The van der Waals surface area contributed by atoms with Gasteiger partial charge in [-0.1, -0.05) is 11.6 Å². The van der Waals surface area contributed by atoms with Crippen molar-refractivity contribution in [2.24, 2.45) is 0 Å². The van der Waals surface area contributed by atoms with Gasteiger partial charge in [0.1, 0.15) is 4.90 Å². The van der Waals surface area contributed by atoms with Gasteiger partial charge in [0.2, 0.25) is 10.0 Å². The quantitative estimate of drug-likeness (QED) is 0.616. The Hall–Kier alpha value is -1.32. The lowest BCUT2D eigenvalue weighted by Crippen LogP contribution is -2.31. The van der Waals surface area contributed by atoms with Crippen LogP contribution in [0.15, 0.2) is 23.1 Å². The summed E-state index contributed by atoms with van der Waals surface area (Å²) < 4.78 is 48.7. The van der Waals surface area contributed by atoms with Crippen molar-refractivity contribution in [2.75, 3.05) is 13.6 Å². The summed E-state index contributed by atoms with van der Waals surface area (Å²) in [6.07, 6.45) is -2.86. The number of halogens is 3. The standard InChI is InChI=1S/C9H9ClF2N2O4S/c1-13(5-9(11)12)19(17,18)8-4-6(14(15)16)2-3-7(8)10/h2-4,9H,5H2,1H3. The topological polar surface area (TPSA) is 80.5 Å². The molecule has 0 fully saturated rings. The van der Waals surface area contributed by atoms with Crippen molar-refractivity contribution < 1.29 is 22.1 Å². The zero-order chi connectivity index (χ0) is 14.8. The van der Waals surface area contributed by atoms with Crippen molar-refractivity contribution in [3.8, 4) is 0 Å². The van der Waals surface area contributed by atoms with E-state index in [2.05, 4.69) is 0 Å². The molecule has 1 aromatic rings. The van der Waals surface area contributed by atoms with Crippen molar-refractivity contribution in [3.63, 3.8) is 0 Å². The predicted octanol–water partition coefficient (Wildman–Crippen LogP) is 2.13. The highest BCUT2D eigenvalue weighted by molar-refractivity contribution is 7.89. The first-order chi connectivity index (χ1) is 8.66. The second-order valence-electron chi connectivity index (χ2n) is 3.55. The Bertz CT molecular complexity index is 594. The minimum atomic E-state index is -4.30. The number of sulfonamides is 1. The first-order valence-corrected chi connectivity index (χ1v) is 6.66. The zero-order valence-electron chi connectivity index (χ0n) is 9.59. The molecule has 0 amide bonds. The molecule has 0 saturated carbocycles. The third-order valence-corrected chi connectivity index (χ3v) is 4.51. The monoisotopic (exact) mass is 314 g/mol. The van der Waals surface area contributed by atoms with Gasteiger partial charge < -0.3 is 0 Å². The normalized spacial score (nSPS) is 12.1. The molecule has 0 aliphatic carbocycles. The smallest absolute Gasteiger partial charge is 0.258 e. The number of nitrogens with zero attached hydrogens (tertiary/aromatic N) is 2. The van der Waals surface area contributed by atoms with E-state index in [0.717, 1.165) is 25.2 Å². The van der Waals surface area contributed by atoms with E-state index >= 15 is 0 Å². The Kier molecular flexibility index (Phi) is 4.77. The number of rotatable bonds is 5. The van der Waals surface area contributed by atoms with E-state index in [4.69, 9.17) is 11.6 Å². The highest BCUT2D eigenvalue weighted by atomic mass is 35.5. The lowest BCUT2D eigenvalue weighted by Gasteiger charge is -2.17. The minimum Gasteiger partial charge on any atom is -0.258 e. The molecule has 0 unspecified atom stereocenters. The summed E-state index contributed by atoms with van der Waals surface area (Å²) in [7, 11) is -3.36. The number of nitro benzene ring substituents is 1. The van der Waals surface area contributed by atoms with Crippen molar-refractivity contribution in [3.05, 3.63) is 33.3 Å². The number of hydrogen-bond donors (Lipinski definition) is 0. The summed E-state index contributed by atoms with van der Waals surface area (Å²) in [6, 6.07) is 2.79. The Labute approximate surface area is 112 Å². The molecule has 0 spiro atoms. The summed E-state index contributed by atoms with van der Waals surface area (Å²) in [5, 5.41) is 10.3. The fraction of sp³-hybridized carbons (Fsp3) is 0.333. The van der Waals surface area contributed by atoms with Gasteiger partial charge in [-0.25, -0.2) is 17.2 Å². The molecular formula is C9H9ClF2N2O4S. The van der Waals surface area contributed by atoms with Crippen LogP contribution in [0.25, 0.3) is 0 Å². The molecule has 10 heteroatoms. The largest absolute Gasteiger partial charge is 0.270 e. The molecule has 0 aromatic heterocycles. The summed E-state index contributed by atoms with van der Waals surface area (Å²) >= 11 is 5.65. The molecule has 0 bridgehead atoms. The Morgan fingerprint density at radius 3 is 2.53 bits per heavy atom. The van der Waals surface area contributed by atoms with E-state index in [1.54, 1.807) is 0 Å². The first kappa shape index (κ1) is 15.7. The van der Waals surface area contributed by atoms with Gasteiger partial charge in [0.05, 0.1) is 16.5 Å². The third-order valence-electron chi connectivity index (χ3n) is 2.21. The molecule has 0 atom stereocenters. The summed E-state index contributed by atoms with van der Waals surface area (Å²) in [4.78, 5) is 9.19. The molecule has 0 heterocycles. The van der Waals surface area contributed by atoms with Crippen LogP contribution in [0.2, 0.25) is 5.02 Å². The maximum absolute atomic E-state index is 12.2. The number of nitro groups is 1. The van der Waals surface area contributed by atoms with Gasteiger partial charge in [-0.05, 0) is 6.07 Å². The van der Waals surface area contributed by atoms with Crippen LogP contribution in [0.5, 0.6) is 0 Å². The van der Waals surface area contributed by atoms with Crippen molar-refractivity contribution >= 4 is 27.3 Å². The maximum Gasteiger partial charge on any atom is 0.270 e. The van der Waals surface area contributed by atoms with Gasteiger partial charge in [-0.3, -0.25) is 10.1 Å². The molecule has 106 valence electrons. The molecule has 0 aliphatic heterocycles. The number of alkyl halides is 2. The second-order valence-corrected chi connectivity index (χ2v) is 5.97. The Morgan fingerprint density at radius 1 is 1.47 bits per heavy atom. The van der Waals surface area contributed by atoms with E-state index in [-0.39, 0.29) is 5.02 Å². The minimum absolute atomic E-state index is 0.272. The van der Waals surface area contributed by atoms with Crippen molar-refractivity contribution in [2.45, 2.75) is 11.3 Å². The summed E-state index contributed by atoms with van der Waals surface area (Å²) in [5.41, 5.74) is -0.492. The lowest BCUT2D eigenvalue weighted by atomic mass is 10.3. The van der Waals surface area contributed by atoms with Gasteiger partial charge in [-0.2, -0.15) is 4.31 Å². The molecule has 0 N–H and O–H groups in total. The van der Waals surface area contributed by atoms with Crippen LogP contribution in [-0.4, -0.2) is 37.7 Å². The number of hydrogen-bond acceptors (Lipinski definition) is 4. The van der Waals surface area contributed by atoms with Crippen LogP contribution >= 0.6 is 11.6 Å². The Balaban J connectivity index is 3.28. The molecule has 6 nitrogen and oxygen atoms in total. The average molecular weight is 315 g/mol. The SMILES string of the molecule is CN(CC(F)F)S(=O)(=O)c1cc([N+](=O)[O-])ccc1Cl. The third kappa shape index (κ3) is 3.58. The van der Waals surface area contributed by atoms with E-state index in [9.17, 15) is 27.3 Å². The van der Waals surface area contributed by atoms with E-state index < -0.39 is 38.5 Å². The Morgan fingerprint density at radius 2 is 2.05 bits per heavy atom. The van der Waals surface area contributed by atoms with E-state index in [1.807, 2.05) is 0 Å². The van der Waals surface area contributed by atoms with Crippen LogP contribution in [-0.2, 0) is 10.0 Å². The van der Waals surface area contributed by atoms with Crippen LogP contribution in [0.1, 0.15) is 0 Å². The van der Waals surface area contributed by atoms with Crippen LogP contribution in [0.3, 0.4) is 0 Å². The molecular weight excluding hydrogens is 306 g/mol. The van der Waals surface area contributed by atoms with Gasteiger partial charge >= 0.3 is 0 Å². The first-order valence-electron chi connectivity index (χ1n) is 4.84. The van der Waals surface area contributed by atoms with Gasteiger partial charge in [0, 0.05) is 19.2 Å². The van der Waals surface area contributed by atoms with Crippen LogP contribution in [0, 0.1) is 10.1 Å². The van der Waals surface area contributed by atoms with Crippen LogP contribution < -0.4 is 0 Å². The molecule has 0 radical (unpaired) electrons. The second kappa shape index (κ2) is 5.76. The highest BCUT2D eigenvalue weighted by Gasteiger charge is 2.27. The van der Waals surface area contributed by atoms with Gasteiger partial charge in [0.25, 0.3) is 12.1 Å². The number of non-ortho nitro benzene ring substituents is 1. The predicted molar refractivity (Wildman–Crippen MR) is 63.9 cm³/mol. The van der Waals surface area contributed by atoms with E-state index in [0.29, 0.717) is 4.31 Å². The van der Waals surface area contributed by atoms with Gasteiger partial charge in [0.15, 0.2) is 0 Å². The summed E-state index contributed by atoms with van der Waals surface area (Å²) in [6.45, 7) is -1.03. The molecule has 1 rings (SSSR count). The zero-order valence-corrected chi connectivity index (χ0v) is 11.2. The molecule has 1 aromatic carbocycles. The van der Waals surface area contributed by atoms with E-state index in [1.165, 1.54) is 0 Å². The van der Waals surface area contributed by atoms with Crippen molar-refractivity contribution in [1.29, 1.82) is 0 Å².